The minimum atomic E-state index is -0.338. The molecule has 1 aliphatic carbocycles. The van der Waals surface area contributed by atoms with Gasteiger partial charge in [-0.15, -0.1) is 0 Å². The Morgan fingerprint density at radius 2 is 2.26 bits per heavy atom. The van der Waals surface area contributed by atoms with Gasteiger partial charge in [0.1, 0.15) is 16.8 Å². The molecule has 1 aliphatic rings. The summed E-state index contributed by atoms with van der Waals surface area (Å²) in [6.07, 6.45) is 2.25. The lowest BCUT2D eigenvalue weighted by molar-refractivity contribution is -0.141. The van der Waals surface area contributed by atoms with Gasteiger partial charge in [0, 0.05) is 30.3 Å². The van der Waals surface area contributed by atoms with Crippen molar-refractivity contribution in [2.75, 3.05) is 17.7 Å². The Labute approximate surface area is 137 Å². The second kappa shape index (κ2) is 6.00. The summed E-state index contributed by atoms with van der Waals surface area (Å²) in [7, 11) is 0. The fourth-order valence-electron chi connectivity index (χ4n) is 2.40. The highest BCUT2D eigenvalue weighted by Crippen LogP contribution is 2.39. The highest BCUT2D eigenvalue weighted by molar-refractivity contribution is 6.30. The summed E-state index contributed by atoms with van der Waals surface area (Å²) >= 11 is 5.88. The van der Waals surface area contributed by atoms with Crippen molar-refractivity contribution >= 4 is 45.9 Å². The van der Waals surface area contributed by atoms with Gasteiger partial charge in [0.2, 0.25) is 5.91 Å². The molecule has 2 atom stereocenters. The van der Waals surface area contributed by atoms with Gasteiger partial charge in [0.05, 0.1) is 6.61 Å². The minimum Gasteiger partial charge on any atom is -0.466 e. The van der Waals surface area contributed by atoms with E-state index in [0.29, 0.717) is 23.4 Å². The van der Waals surface area contributed by atoms with Crippen LogP contribution in [0.3, 0.4) is 0 Å². The molecule has 1 fully saturated rings. The monoisotopic (exact) mass is 334 g/mol. The highest BCUT2D eigenvalue weighted by atomic mass is 35.5. The van der Waals surface area contributed by atoms with Crippen molar-refractivity contribution in [3.8, 4) is 0 Å². The van der Waals surface area contributed by atoms with E-state index in [0.717, 1.165) is 5.39 Å². The molecule has 8 heteroatoms. The second-order valence-electron chi connectivity index (χ2n) is 5.52. The number of anilines is 2. The molecule has 0 aromatic carbocycles. The largest absolute Gasteiger partial charge is 0.466 e. The van der Waals surface area contributed by atoms with E-state index in [9.17, 15) is 9.59 Å². The minimum absolute atomic E-state index is 0.0774. The van der Waals surface area contributed by atoms with Crippen LogP contribution in [0.1, 0.15) is 13.3 Å². The number of carbonyl (C=O) groups excluding carboxylic acids is 2. The van der Waals surface area contributed by atoms with Crippen LogP contribution in [-0.4, -0.2) is 28.5 Å². The van der Waals surface area contributed by atoms with Crippen LogP contribution in [0.15, 0.2) is 18.3 Å². The first-order valence-corrected chi connectivity index (χ1v) is 7.48. The van der Waals surface area contributed by atoms with Gasteiger partial charge in [-0.25, -0.2) is 9.97 Å². The van der Waals surface area contributed by atoms with E-state index >= 15 is 0 Å². The fourth-order valence-corrected chi connectivity index (χ4v) is 2.61. The van der Waals surface area contributed by atoms with Gasteiger partial charge in [-0.05, 0) is 23.9 Å². The average molecular weight is 335 g/mol. The number of esters is 1. The highest BCUT2D eigenvalue weighted by Gasteiger charge is 2.43. The van der Waals surface area contributed by atoms with Crippen LogP contribution in [0.4, 0.5) is 11.6 Å². The van der Waals surface area contributed by atoms with Gasteiger partial charge in [-0.2, -0.15) is 0 Å². The molecule has 0 bridgehead atoms. The van der Waals surface area contributed by atoms with Crippen molar-refractivity contribution in [1.82, 2.24) is 9.97 Å². The molecule has 2 aromatic rings. The zero-order valence-electron chi connectivity index (χ0n) is 12.4. The van der Waals surface area contributed by atoms with Gasteiger partial charge < -0.3 is 15.8 Å². The first-order valence-electron chi connectivity index (χ1n) is 7.10. The number of ether oxygens (including phenoxy) is 1. The number of nitrogens with two attached hydrogens (primary N) is 1. The second-order valence-corrected chi connectivity index (χ2v) is 5.90. The van der Waals surface area contributed by atoms with Crippen LogP contribution in [0.5, 0.6) is 0 Å². The van der Waals surface area contributed by atoms with Crippen molar-refractivity contribution in [2.24, 2.45) is 11.8 Å². The maximum atomic E-state index is 12.1. The Hall–Kier alpha value is -2.41. The van der Waals surface area contributed by atoms with Crippen molar-refractivity contribution < 1.29 is 14.3 Å². The molecule has 2 aromatic heterocycles. The molecule has 0 aliphatic heterocycles. The molecular weight excluding hydrogens is 320 g/mol. The Bertz CT molecular complexity index is 796. The van der Waals surface area contributed by atoms with Crippen LogP contribution >= 0.6 is 11.6 Å². The molecule has 7 nitrogen and oxygen atoms in total. The molecule has 3 N–H and O–H groups in total. The van der Waals surface area contributed by atoms with Crippen LogP contribution in [0.2, 0.25) is 5.15 Å². The van der Waals surface area contributed by atoms with Gasteiger partial charge in [-0.3, -0.25) is 9.59 Å². The first kappa shape index (κ1) is 15.5. The summed E-state index contributed by atoms with van der Waals surface area (Å²) in [6, 6.07) is 3.35. The van der Waals surface area contributed by atoms with Gasteiger partial charge in [-0.1, -0.05) is 11.6 Å². The topological polar surface area (TPSA) is 107 Å². The number of halogens is 1. The first-order chi connectivity index (χ1) is 10.9. The van der Waals surface area contributed by atoms with Crippen molar-refractivity contribution in [3.05, 3.63) is 23.5 Å². The predicted molar refractivity (Wildman–Crippen MR) is 85.8 cm³/mol. The number of pyridine rings is 2. The predicted octanol–water partition coefficient (Wildman–Crippen LogP) is 2.00. The summed E-state index contributed by atoms with van der Waals surface area (Å²) in [5.74, 6) is 0.160. The fraction of sp³-hybridized carbons (Fsp3) is 0.333. The van der Waals surface area contributed by atoms with E-state index in [1.54, 1.807) is 18.3 Å². The molecule has 3 rings (SSSR count). The van der Waals surface area contributed by atoms with Crippen molar-refractivity contribution in [3.63, 3.8) is 0 Å². The lowest BCUT2D eigenvalue weighted by Crippen LogP contribution is -2.17. The molecule has 1 saturated carbocycles. The van der Waals surface area contributed by atoms with Crippen molar-refractivity contribution in [2.45, 2.75) is 13.3 Å². The zero-order chi connectivity index (χ0) is 16.6. The standard InChI is InChI=1S/C15H15ClN4O3/c1-7(21)23-6-9-2-10(9)15(22)20-13-4-8-3-12(16)19-14(17)11(8)5-18-13/h3-5,9-10H,2,6H2,1H3,(H2,17,19)(H,18,20,22)/t9-,10+/m0/s1. The third-order valence-corrected chi connectivity index (χ3v) is 3.92. The molecular formula is C15H15ClN4O3. The number of hydrogen-bond acceptors (Lipinski definition) is 6. The maximum absolute atomic E-state index is 12.1. The van der Waals surface area contributed by atoms with E-state index in [1.165, 1.54) is 6.92 Å². The molecule has 1 amide bonds. The molecule has 2 heterocycles. The van der Waals surface area contributed by atoms with Gasteiger partial charge in [0.25, 0.3) is 0 Å². The van der Waals surface area contributed by atoms with Gasteiger partial charge in [0.15, 0.2) is 0 Å². The quantitative estimate of drug-likeness (QED) is 0.654. The molecule has 23 heavy (non-hydrogen) atoms. The molecule has 0 saturated heterocycles. The van der Waals surface area contributed by atoms with Crippen LogP contribution in [0.25, 0.3) is 10.8 Å². The lowest BCUT2D eigenvalue weighted by Gasteiger charge is -2.07. The Morgan fingerprint density at radius 3 is 3.00 bits per heavy atom. The molecule has 120 valence electrons. The van der Waals surface area contributed by atoms with Crippen LogP contribution in [0, 0.1) is 11.8 Å². The normalized spacial score (nSPS) is 19.4. The maximum Gasteiger partial charge on any atom is 0.302 e. The van der Waals surface area contributed by atoms with E-state index in [4.69, 9.17) is 22.1 Å². The number of amides is 1. The number of carbonyl (C=O) groups is 2. The third kappa shape index (κ3) is 3.50. The number of hydrogen-bond donors (Lipinski definition) is 2. The van der Waals surface area contributed by atoms with Crippen LogP contribution in [-0.2, 0) is 14.3 Å². The summed E-state index contributed by atoms with van der Waals surface area (Å²) in [5, 5.41) is 4.46. The summed E-state index contributed by atoms with van der Waals surface area (Å²) < 4.78 is 4.91. The zero-order valence-corrected chi connectivity index (χ0v) is 13.1. The van der Waals surface area contributed by atoms with E-state index in [1.807, 2.05) is 0 Å². The number of fused-ring (bicyclic) bond motifs is 1. The van der Waals surface area contributed by atoms with E-state index < -0.39 is 0 Å². The number of aromatic nitrogens is 2. The number of rotatable bonds is 4. The number of nitrogen functional groups attached to an aromatic ring is 1. The molecule has 0 unspecified atom stereocenters. The summed E-state index contributed by atoms with van der Waals surface area (Å²) in [5.41, 5.74) is 5.78. The molecule has 0 radical (unpaired) electrons. The Morgan fingerprint density at radius 1 is 1.48 bits per heavy atom. The van der Waals surface area contributed by atoms with Crippen molar-refractivity contribution in [1.29, 1.82) is 0 Å². The third-order valence-electron chi connectivity index (χ3n) is 3.73. The smallest absolute Gasteiger partial charge is 0.302 e. The number of nitrogens with one attached hydrogen (secondary N) is 1. The van der Waals surface area contributed by atoms with E-state index in [2.05, 4.69) is 15.3 Å². The van der Waals surface area contributed by atoms with Crippen LogP contribution < -0.4 is 11.1 Å². The van der Waals surface area contributed by atoms with Gasteiger partial charge >= 0.3 is 5.97 Å². The Kier molecular flexibility index (Phi) is 4.04. The molecule has 0 spiro atoms. The summed E-state index contributed by atoms with van der Waals surface area (Å²) in [6.45, 7) is 1.62. The van der Waals surface area contributed by atoms with E-state index in [-0.39, 0.29) is 35.5 Å². The average Bonchev–Trinajstić information content (AvgIpc) is 3.24. The Balaban J connectivity index is 1.68. The SMILES string of the molecule is CC(=O)OC[C@@H]1C[C@H]1C(=O)Nc1cc2cc(Cl)nc(N)c2cn1. The number of nitrogens with zero attached hydrogens (tertiary/aromatic N) is 2. The lowest BCUT2D eigenvalue weighted by atomic mass is 10.2. The summed E-state index contributed by atoms with van der Waals surface area (Å²) in [4.78, 5) is 31.0.